The third-order valence-corrected chi connectivity index (χ3v) is 4.77. The van der Waals surface area contributed by atoms with E-state index in [2.05, 4.69) is 10.4 Å². The average molecular weight is 348 g/mol. The van der Waals surface area contributed by atoms with Gasteiger partial charge < -0.3 is 4.90 Å². The van der Waals surface area contributed by atoms with Gasteiger partial charge >= 0.3 is 0 Å². The molecule has 6 nitrogen and oxygen atoms in total. The van der Waals surface area contributed by atoms with E-state index in [1.807, 2.05) is 42.5 Å². The van der Waals surface area contributed by atoms with E-state index >= 15 is 0 Å². The molecule has 2 amide bonds. The highest BCUT2D eigenvalue weighted by atomic mass is 16.2. The van der Waals surface area contributed by atoms with E-state index in [1.165, 1.54) is 0 Å². The van der Waals surface area contributed by atoms with Gasteiger partial charge in [0.1, 0.15) is 12.4 Å². The van der Waals surface area contributed by atoms with Crippen LogP contribution in [0.1, 0.15) is 29.6 Å². The Morgan fingerprint density at radius 1 is 1.00 bits per heavy atom. The van der Waals surface area contributed by atoms with Gasteiger partial charge in [0.25, 0.3) is 11.8 Å². The molecule has 1 N–H and O–H groups in total. The lowest BCUT2D eigenvalue weighted by Crippen LogP contribution is -2.51. The topological polar surface area (TPSA) is 67.2 Å². The van der Waals surface area contributed by atoms with Gasteiger partial charge in [-0.15, -0.1) is 0 Å². The van der Waals surface area contributed by atoms with Crippen molar-refractivity contribution >= 4 is 22.8 Å². The van der Waals surface area contributed by atoms with Gasteiger partial charge in [-0.25, -0.2) is 9.66 Å². The Balaban J connectivity index is 1.56. The molecule has 132 valence electrons. The van der Waals surface area contributed by atoms with Gasteiger partial charge in [0, 0.05) is 12.1 Å². The summed E-state index contributed by atoms with van der Waals surface area (Å²) in [5, 5.41) is 0. The molecule has 0 bridgehead atoms. The van der Waals surface area contributed by atoms with Crippen molar-refractivity contribution in [3.05, 3.63) is 66.5 Å². The summed E-state index contributed by atoms with van der Waals surface area (Å²) in [6.45, 7) is 0.594. The molecule has 3 aromatic rings. The molecule has 1 aliphatic rings. The number of nitrogens with one attached hydrogen (secondary N) is 1. The highest BCUT2D eigenvalue weighted by Crippen LogP contribution is 2.21. The van der Waals surface area contributed by atoms with Crippen molar-refractivity contribution in [3.63, 3.8) is 0 Å². The minimum Gasteiger partial charge on any atom is -0.327 e. The number of fused-ring (bicyclic) bond motifs is 1. The summed E-state index contributed by atoms with van der Waals surface area (Å²) in [4.78, 5) is 31.7. The maximum absolute atomic E-state index is 12.9. The predicted molar refractivity (Wildman–Crippen MR) is 99.2 cm³/mol. The fourth-order valence-electron chi connectivity index (χ4n) is 3.44. The van der Waals surface area contributed by atoms with Crippen molar-refractivity contribution in [1.29, 1.82) is 0 Å². The highest BCUT2D eigenvalue weighted by Gasteiger charge is 2.32. The number of carbonyl (C=O) groups excluding carboxylic acids is 2. The van der Waals surface area contributed by atoms with Crippen LogP contribution in [0.25, 0.3) is 11.0 Å². The number of hydrogen-bond donors (Lipinski definition) is 1. The number of likely N-dealkylation sites (tertiary alicyclic amines) is 1. The average Bonchev–Trinajstić information content (AvgIpc) is 3.11. The van der Waals surface area contributed by atoms with Crippen LogP contribution in [0, 0.1) is 0 Å². The van der Waals surface area contributed by atoms with E-state index in [0.29, 0.717) is 18.5 Å². The van der Waals surface area contributed by atoms with Crippen LogP contribution >= 0.6 is 0 Å². The van der Waals surface area contributed by atoms with Crippen LogP contribution in [0.2, 0.25) is 0 Å². The van der Waals surface area contributed by atoms with Crippen molar-refractivity contribution < 1.29 is 9.59 Å². The van der Waals surface area contributed by atoms with Crippen LogP contribution in [-0.2, 0) is 4.79 Å². The highest BCUT2D eigenvalue weighted by molar-refractivity contribution is 5.99. The normalized spacial score (nSPS) is 17.2. The smallest absolute Gasteiger partial charge is 0.261 e. The number of piperidine rings is 1. The summed E-state index contributed by atoms with van der Waals surface area (Å²) >= 11 is 0. The molecule has 2 heterocycles. The first-order valence-electron chi connectivity index (χ1n) is 8.83. The summed E-state index contributed by atoms with van der Waals surface area (Å²) < 4.78 is 1.62. The van der Waals surface area contributed by atoms with E-state index in [1.54, 1.807) is 28.0 Å². The maximum Gasteiger partial charge on any atom is 0.261 e. The molecule has 0 unspecified atom stereocenters. The Labute approximate surface area is 151 Å². The van der Waals surface area contributed by atoms with Gasteiger partial charge in [-0.3, -0.25) is 15.0 Å². The van der Waals surface area contributed by atoms with Crippen LogP contribution in [0.4, 0.5) is 0 Å². The molecule has 0 spiro atoms. The lowest BCUT2D eigenvalue weighted by atomic mass is 10.00. The summed E-state index contributed by atoms with van der Waals surface area (Å²) in [6.07, 6.45) is 4.10. The van der Waals surface area contributed by atoms with Gasteiger partial charge in [-0.05, 0) is 43.5 Å². The number of carbonyl (C=O) groups is 2. The molecule has 4 rings (SSSR count). The SMILES string of the molecule is O=C(Nn1cnc2ccccc21)[C@@H]1CCCCN1C(=O)c1ccccc1. The van der Waals surface area contributed by atoms with E-state index in [-0.39, 0.29) is 11.8 Å². The van der Waals surface area contributed by atoms with Gasteiger partial charge in [-0.2, -0.15) is 0 Å². The molecule has 0 aliphatic carbocycles. The maximum atomic E-state index is 12.9. The monoisotopic (exact) mass is 348 g/mol. The fourth-order valence-corrected chi connectivity index (χ4v) is 3.44. The fraction of sp³-hybridized carbons (Fsp3) is 0.250. The van der Waals surface area contributed by atoms with Crippen molar-refractivity contribution in [2.75, 3.05) is 12.0 Å². The minimum atomic E-state index is -0.474. The van der Waals surface area contributed by atoms with E-state index in [0.717, 1.165) is 23.9 Å². The van der Waals surface area contributed by atoms with E-state index in [4.69, 9.17) is 0 Å². The third kappa shape index (κ3) is 3.06. The molecule has 1 aliphatic heterocycles. The lowest BCUT2D eigenvalue weighted by Gasteiger charge is -2.34. The molecule has 1 atom stereocenters. The number of rotatable bonds is 3. The van der Waals surface area contributed by atoms with Crippen LogP contribution in [0.15, 0.2) is 60.9 Å². The minimum absolute atomic E-state index is 0.0964. The van der Waals surface area contributed by atoms with Crippen molar-refractivity contribution in [1.82, 2.24) is 14.6 Å². The number of aromatic nitrogens is 2. The van der Waals surface area contributed by atoms with Crippen molar-refractivity contribution in [2.24, 2.45) is 0 Å². The quantitative estimate of drug-likeness (QED) is 0.791. The van der Waals surface area contributed by atoms with Gasteiger partial charge in [0.15, 0.2) is 0 Å². The lowest BCUT2D eigenvalue weighted by molar-refractivity contribution is -0.122. The number of nitrogens with zero attached hydrogens (tertiary/aromatic N) is 3. The molecule has 6 heteroatoms. The van der Waals surface area contributed by atoms with Gasteiger partial charge in [0.05, 0.1) is 11.0 Å². The first-order chi connectivity index (χ1) is 12.7. The third-order valence-electron chi connectivity index (χ3n) is 4.77. The molecule has 0 radical (unpaired) electrons. The summed E-state index contributed by atoms with van der Waals surface area (Å²) in [5.41, 5.74) is 5.15. The molecule has 1 saturated heterocycles. The number of benzene rings is 2. The zero-order chi connectivity index (χ0) is 17.9. The molecular weight excluding hydrogens is 328 g/mol. The number of imidazole rings is 1. The van der Waals surface area contributed by atoms with E-state index < -0.39 is 6.04 Å². The number of amides is 2. The Bertz CT molecular complexity index is 935. The standard InChI is InChI=1S/C20H20N4O2/c25-19(22-24-14-21-16-10-4-5-11-17(16)24)18-12-6-7-13-23(18)20(26)15-8-2-1-3-9-15/h1-5,8-11,14,18H,6-7,12-13H2,(H,22,25)/t18-/m0/s1. The zero-order valence-corrected chi connectivity index (χ0v) is 14.3. The molecule has 1 aromatic heterocycles. The van der Waals surface area contributed by atoms with E-state index in [9.17, 15) is 9.59 Å². The molecule has 1 fully saturated rings. The molecular formula is C20H20N4O2. The van der Waals surface area contributed by atoms with Crippen molar-refractivity contribution in [3.8, 4) is 0 Å². The number of hydrogen-bond acceptors (Lipinski definition) is 3. The Morgan fingerprint density at radius 3 is 2.62 bits per heavy atom. The van der Waals surface area contributed by atoms with Crippen LogP contribution < -0.4 is 5.43 Å². The van der Waals surface area contributed by atoms with Crippen LogP contribution in [0.5, 0.6) is 0 Å². The first kappa shape index (κ1) is 16.3. The second kappa shape index (κ2) is 7.00. The summed E-state index contributed by atoms with van der Waals surface area (Å²) in [6, 6.07) is 16.2. The zero-order valence-electron chi connectivity index (χ0n) is 14.3. The Kier molecular flexibility index (Phi) is 4.39. The van der Waals surface area contributed by atoms with Crippen LogP contribution in [0.3, 0.4) is 0 Å². The predicted octanol–water partition coefficient (Wildman–Crippen LogP) is 2.80. The second-order valence-corrected chi connectivity index (χ2v) is 6.46. The van der Waals surface area contributed by atoms with Gasteiger partial charge in [-0.1, -0.05) is 30.3 Å². The Hall–Kier alpha value is -3.15. The first-order valence-corrected chi connectivity index (χ1v) is 8.83. The molecule has 2 aromatic carbocycles. The van der Waals surface area contributed by atoms with Gasteiger partial charge in [0.2, 0.25) is 0 Å². The molecule has 26 heavy (non-hydrogen) atoms. The van der Waals surface area contributed by atoms with Crippen molar-refractivity contribution in [2.45, 2.75) is 25.3 Å². The molecule has 0 saturated carbocycles. The largest absolute Gasteiger partial charge is 0.327 e. The second-order valence-electron chi connectivity index (χ2n) is 6.46. The number of para-hydroxylation sites is 2. The summed E-state index contributed by atoms with van der Waals surface area (Å²) in [5.74, 6) is -0.280. The Morgan fingerprint density at radius 2 is 1.77 bits per heavy atom. The van der Waals surface area contributed by atoms with Crippen LogP contribution in [-0.4, -0.2) is 39.0 Å². The summed E-state index contributed by atoms with van der Waals surface area (Å²) in [7, 11) is 0.